The van der Waals surface area contributed by atoms with Crippen molar-refractivity contribution in [2.75, 3.05) is 0 Å². The van der Waals surface area contributed by atoms with Gasteiger partial charge in [-0.1, -0.05) is 5.16 Å². The van der Waals surface area contributed by atoms with Crippen molar-refractivity contribution >= 4 is 11.3 Å². The van der Waals surface area contributed by atoms with Gasteiger partial charge in [-0.05, 0) is 13.8 Å². The van der Waals surface area contributed by atoms with Gasteiger partial charge in [0.1, 0.15) is 6.26 Å². The molecule has 0 aromatic carbocycles. The Morgan fingerprint density at radius 3 is 3.07 bits per heavy atom. The van der Waals surface area contributed by atoms with Gasteiger partial charge in [0.2, 0.25) is 0 Å². The van der Waals surface area contributed by atoms with Gasteiger partial charge in [0.25, 0.3) is 0 Å². The Morgan fingerprint density at radius 2 is 2.47 bits per heavy atom. The highest BCUT2D eigenvalue weighted by Gasteiger charge is 2.10. The zero-order valence-corrected chi connectivity index (χ0v) is 9.54. The molecule has 0 spiro atoms. The van der Waals surface area contributed by atoms with Crippen molar-refractivity contribution < 1.29 is 4.52 Å². The molecular formula is C10H13N3OS. The quantitative estimate of drug-likeness (QED) is 0.864. The van der Waals surface area contributed by atoms with E-state index in [2.05, 4.69) is 22.4 Å². The molecular weight excluding hydrogens is 210 g/mol. The largest absolute Gasteiger partial charge is 0.364 e. The molecule has 2 rings (SSSR count). The number of nitrogens with zero attached hydrogens (tertiary/aromatic N) is 2. The van der Waals surface area contributed by atoms with Gasteiger partial charge in [0, 0.05) is 23.5 Å². The van der Waals surface area contributed by atoms with Gasteiger partial charge >= 0.3 is 0 Å². The summed E-state index contributed by atoms with van der Waals surface area (Å²) in [6, 6.07) is 2.16. The van der Waals surface area contributed by atoms with E-state index >= 15 is 0 Å². The topological polar surface area (TPSA) is 51.0 Å². The molecule has 0 bridgehead atoms. The van der Waals surface area contributed by atoms with E-state index in [1.54, 1.807) is 17.6 Å². The van der Waals surface area contributed by atoms with Gasteiger partial charge in [0.15, 0.2) is 0 Å². The van der Waals surface area contributed by atoms with Crippen molar-refractivity contribution in [3.05, 3.63) is 34.1 Å². The van der Waals surface area contributed by atoms with Crippen molar-refractivity contribution in [1.82, 2.24) is 15.5 Å². The molecule has 0 saturated carbocycles. The molecule has 2 heterocycles. The van der Waals surface area contributed by atoms with E-state index in [1.807, 2.05) is 18.5 Å². The Morgan fingerprint density at radius 1 is 1.60 bits per heavy atom. The first-order chi connectivity index (χ1) is 7.27. The number of rotatable bonds is 4. The number of thiazole rings is 1. The van der Waals surface area contributed by atoms with Crippen LogP contribution in [0.2, 0.25) is 0 Å². The molecule has 2 aromatic rings. The molecule has 0 aliphatic carbocycles. The Bertz CT molecular complexity index is 410. The van der Waals surface area contributed by atoms with Crippen LogP contribution >= 0.6 is 11.3 Å². The SMILES string of the molecule is Cc1ncsc1C(C)NCc1ccon1. The van der Waals surface area contributed by atoms with Gasteiger partial charge in [-0.2, -0.15) is 0 Å². The van der Waals surface area contributed by atoms with Crippen LogP contribution in [0.1, 0.15) is 29.2 Å². The van der Waals surface area contributed by atoms with Crippen LogP contribution in [-0.4, -0.2) is 10.1 Å². The predicted molar refractivity (Wildman–Crippen MR) is 58.6 cm³/mol. The van der Waals surface area contributed by atoms with E-state index in [1.165, 1.54) is 4.88 Å². The Balaban J connectivity index is 1.93. The summed E-state index contributed by atoms with van der Waals surface area (Å²) in [6.45, 7) is 4.87. The van der Waals surface area contributed by atoms with Gasteiger partial charge in [-0.15, -0.1) is 11.3 Å². The third-order valence-electron chi connectivity index (χ3n) is 2.26. The van der Waals surface area contributed by atoms with Crippen LogP contribution in [0.3, 0.4) is 0 Å². The van der Waals surface area contributed by atoms with Crippen molar-refractivity contribution in [1.29, 1.82) is 0 Å². The third-order valence-corrected chi connectivity index (χ3v) is 3.37. The number of nitrogens with one attached hydrogen (secondary N) is 1. The van der Waals surface area contributed by atoms with E-state index in [4.69, 9.17) is 4.52 Å². The third kappa shape index (κ3) is 2.43. The van der Waals surface area contributed by atoms with Gasteiger partial charge in [0.05, 0.1) is 16.9 Å². The maximum absolute atomic E-state index is 4.76. The van der Waals surface area contributed by atoms with Crippen LogP contribution < -0.4 is 5.32 Å². The minimum absolute atomic E-state index is 0.300. The normalized spacial score (nSPS) is 12.9. The maximum atomic E-state index is 4.76. The first kappa shape index (κ1) is 10.3. The molecule has 0 aliphatic rings. The standard InChI is InChI=1S/C10H13N3OS/c1-7(10-8(2)12-6-15-10)11-5-9-3-4-14-13-9/h3-4,6-7,11H,5H2,1-2H3. The lowest BCUT2D eigenvalue weighted by molar-refractivity contribution is 0.406. The lowest BCUT2D eigenvalue weighted by Crippen LogP contribution is -2.18. The predicted octanol–water partition coefficient (Wildman–Crippen LogP) is 2.29. The van der Waals surface area contributed by atoms with Crippen LogP contribution in [0.25, 0.3) is 0 Å². The van der Waals surface area contributed by atoms with Crippen molar-refractivity contribution in [2.24, 2.45) is 0 Å². The average molecular weight is 223 g/mol. The molecule has 0 fully saturated rings. The Hall–Kier alpha value is -1.20. The molecule has 0 saturated heterocycles. The number of hydrogen-bond acceptors (Lipinski definition) is 5. The summed E-state index contributed by atoms with van der Waals surface area (Å²) >= 11 is 1.68. The highest BCUT2D eigenvalue weighted by atomic mass is 32.1. The van der Waals surface area contributed by atoms with Gasteiger partial charge in [-0.3, -0.25) is 0 Å². The van der Waals surface area contributed by atoms with Gasteiger partial charge < -0.3 is 9.84 Å². The minimum atomic E-state index is 0.300. The van der Waals surface area contributed by atoms with Crippen molar-refractivity contribution in [3.63, 3.8) is 0 Å². The summed E-state index contributed by atoms with van der Waals surface area (Å²) in [7, 11) is 0. The minimum Gasteiger partial charge on any atom is -0.364 e. The zero-order valence-electron chi connectivity index (χ0n) is 8.73. The second kappa shape index (κ2) is 4.55. The first-order valence-electron chi connectivity index (χ1n) is 4.80. The summed E-state index contributed by atoms with van der Waals surface area (Å²) in [4.78, 5) is 5.50. The molecule has 80 valence electrons. The van der Waals surface area contributed by atoms with Crippen LogP contribution in [0.4, 0.5) is 0 Å². The Labute approximate surface area is 92.3 Å². The molecule has 4 nitrogen and oxygen atoms in total. The van der Waals surface area contributed by atoms with Crippen LogP contribution in [0, 0.1) is 6.92 Å². The highest BCUT2D eigenvalue weighted by molar-refractivity contribution is 7.09. The number of hydrogen-bond donors (Lipinski definition) is 1. The fraction of sp³-hybridized carbons (Fsp3) is 0.400. The summed E-state index contributed by atoms with van der Waals surface area (Å²) in [5, 5.41) is 7.22. The molecule has 0 radical (unpaired) electrons. The van der Waals surface area contributed by atoms with Crippen LogP contribution in [0.15, 0.2) is 22.4 Å². The molecule has 1 atom stereocenters. The monoisotopic (exact) mass is 223 g/mol. The molecule has 1 unspecified atom stereocenters. The second-order valence-corrected chi connectivity index (χ2v) is 4.28. The summed E-state index contributed by atoms with van der Waals surface area (Å²) in [6.07, 6.45) is 1.58. The Kier molecular flexibility index (Phi) is 3.13. The molecule has 1 N–H and O–H groups in total. The first-order valence-corrected chi connectivity index (χ1v) is 5.68. The van der Waals surface area contributed by atoms with Crippen molar-refractivity contribution in [3.8, 4) is 0 Å². The number of aromatic nitrogens is 2. The summed E-state index contributed by atoms with van der Waals surface area (Å²) in [5.74, 6) is 0. The fourth-order valence-corrected chi connectivity index (χ4v) is 2.24. The maximum Gasteiger partial charge on any atom is 0.124 e. The molecule has 2 aromatic heterocycles. The fourth-order valence-electron chi connectivity index (χ4n) is 1.41. The van der Waals surface area contributed by atoms with Gasteiger partial charge in [-0.25, -0.2) is 4.98 Å². The van der Waals surface area contributed by atoms with E-state index in [0.717, 1.165) is 17.9 Å². The molecule has 0 aliphatic heterocycles. The van der Waals surface area contributed by atoms with Crippen molar-refractivity contribution in [2.45, 2.75) is 26.4 Å². The van der Waals surface area contributed by atoms with E-state index in [-0.39, 0.29) is 0 Å². The lowest BCUT2D eigenvalue weighted by atomic mass is 10.2. The second-order valence-electron chi connectivity index (χ2n) is 3.40. The van der Waals surface area contributed by atoms with E-state index < -0.39 is 0 Å². The lowest BCUT2D eigenvalue weighted by Gasteiger charge is -2.10. The van der Waals surface area contributed by atoms with Crippen LogP contribution in [-0.2, 0) is 6.54 Å². The summed E-state index contributed by atoms with van der Waals surface area (Å²) < 4.78 is 4.76. The van der Waals surface area contributed by atoms with E-state index in [0.29, 0.717) is 6.04 Å². The molecule has 0 amide bonds. The summed E-state index contributed by atoms with van der Waals surface area (Å²) in [5.41, 5.74) is 3.89. The highest BCUT2D eigenvalue weighted by Crippen LogP contribution is 2.21. The zero-order chi connectivity index (χ0) is 10.7. The smallest absolute Gasteiger partial charge is 0.124 e. The van der Waals surface area contributed by atoms with Crippen LogP contribution in [0.5, 0.6) is 0 Å². The molecule has 5 heteroatoms. The van der Waals surface area contributed by atoms with E-state index in [9.17, 15) is 0 Å². The molecule has 15 heavy (non-hydrogen) atoms. The average Bonchev–Trinajstić information content (AvgIpc) is 2.84. The number of aryl methyl sites for hydroxylation is 1.